The van der Waals surface area contributed by atoms with Gasteiger partial charge in [0, 0.05) is 36.9 Å². The summed E-state index contributed by atoms with van der Waals surface area (Å²) in [5.74, 6) is 0.266. The topological polar surface area (TPSA) is 56.3 Å². The second kappa shape index (κ2) is 7.70. The molecule has 3 aromatic rings. The van der Waals surface area contributed by atoms with E-state index in [1.807, 2.05) is 12.1 Å². The minimum absolute atomic E-state index is 0.271. The van der Waals surface area contributed by atoms with Crippen LogP contribution < -0.4 is 10.1 Å². The van der Waals surface area contributed by atoms with Crippen molar-refractivity contribution in [2.45, 2.75) is 6.54 Å². The monoisotopic (exact) mass is 327 g/mol. The molecule has 0 saturated heterocycles. The van der Waals surface area contributed by atoms with Gasteiger partial charge in [0.1, 0.15) is 12.4 Å². The Morgan fingerprint density at radius 2 is 2.04 bits per heavy atom. The molecule has 3 rings (SSSR count). The molecule has 0 spiro atoms. The average molecular weight is 327 g/mol. The number of ether oxygens (including phenoxy) is 2. The molecular weight excluding hydrogens is 309 g/mol. The van der Waals surface area contributed by atoms with E-state index in [-0.39, 0.29) is 5.82 Å². The molecule has 0 aliphatic rings. The van der Waals surface area contributed by atoms with Crippen LogP contribution in [-0.4, -0.2) is 30.3 Å². The Bertz CT molecular complexity index is 809. The molecule has 6 heteroatoms. The average Bonchev–Trinajstić information content (AvgIpc) is 2.61. The van der Waals surface area contributed by atoms with Gasteiger partial charge in [0.15, 0.2) is 0 Å². The highest BCUT2D eigenvalue weighted by Gasteiger charge is 2.05. The lowest BCUT2D eigenvalue weighted by Gasteiger charge is -2.10. The number of methoxy groups -OCH3 is 1. The van der Waals surface area contributed by atoms with Gasteiger partial charge >= 0.3 is 0 Å². The molecule has 2 heterocycles. The van der Waals surface area contributed by atoms with E-state index >= 15 is 0 Å². The van der Waals surface area contributed by atoms with Gasteiger partial charge in [0.25, 0.3) is 0 Å². The molecule has 124 valence electrons. The summed E-state index contributed by atoms with van der Waals surface area (Å²) >= 11 is 0. The van der Waals surface area contributed by atoms with Gasteiger partial charge in [0.05, 0.1) is 24.0 Å². The van der Waals surface area contributed by atoms with Crippen molar-refractivity contribution in [2.75, 3.05) is 25.6 Å². The molecule has 0 bridgehead atoms. The Hall–Kier alpha value is -2.73. The molecule has 0 unspecified atom stereocenters. The van der Waals surface area contributed by atoms with Gasteiger partial charge in [-0.25, -0.2) is 9.37 Å². The van der Waals surface area contributed by atoms with Crippen LogP contribution in [-0.2, 0) is 11.3 Å². The zero-order valence-electron chi connectivity index (χ0n) is 13.3. The molecule has 0 atom stereocenters. The van der Waals surface area contributed by atoms with Gasteiger partial charge in [-0.2, -0.15) is 0 Å². The van der Waals surface area contributed by atoms with Crippen LogP contribution in [0.15, 0.2) is 48.8 Å². The summed E-state index contributed by atoms with van der Waals surface area (Å²) in [5.41, 5.74) is 2.41. The number of hydrogen-bond donors (Lipinski definition) is 1. The summed E-state index contributed by atoms with van der Waals surface area (Å²) in [6.45, 7) is 1.43. The lowest BCUT2D eigenvalue weighted by Crippen LogP contribution is -2.06. The minimum atomic E-state index is -0.271. The first-order valence-corrected chi connectivity index (χ1v) is 7.61. The SMILES string of the molecule is COCCOc1ccc(NCc2cc(F)cc3cccnc23)cn1. The molecule has 0 aliphatic heterocycles. The van der Waals surface area contributed by atoms with E-state index in [9.17, 15) is 4.39 Å². The molecule has 1 N–H and O–H groups in total. The van der Waals surface area contributed by atoms with E-state index in [0.29, 0.717) is 25.6 Å². The van der Waals surface area contributed by atoms with E-state index in [0.717, 1.165) is 22.2 Å². The van der Waals surface area contributed by atoms with E-state index < -0.39 is 0 Å². The van der Waals surface area contributed by atoms with Gasteiger partial charge in [-0.15, -0.1) is 0 Å². The van der Waals surface area contributed by atoms with Crippen LogP contribution in [0.1, 0.15) is 5.56 Å². The van der Waals surface area contributed by atoms with Crippen LogP contribution in [0, 0.1) is 5.82 Å². The number of halogens is 1. The lowest BCUT2D eigenvalue weighted by molar-refractivity contribution is 0.144. The van der Waals surface area contributed by atoms with Crippen LogP contribution in [0.2, 0.25) is 0 Å². The van der Waals surface area contributed by atoms with Gasteiger partial charge < -0.3 is 14.8 Å². The Kier molecular flexibility index (Phi) is 5.18. The largest absolute Gasteiger partial charge is 0.475 e. The zero-order chi connectivity index (χ0) is 16.8. The number of hydrogen-bond acceptors (Lipinski definition) is 5. The summed E-state index contributed by atoms with van der Waals surface area (Å²) in [6.07, 6.45) is 3.38. The van der Waals surface area contributed by atoms with Crippen molar-refractivity contribution in [1.29, 1.82) is 0 Å². The Morgan fingerprint density at radius 1 is 1.12 bits per heavy atom. The summed E-state index contributed by atoms with van der Waals surface area (Å²) in [4.78, 5) is 8.55. The number of aromatic nitrogens is 2. The van der Waals surface area contributed by atoms with Crippen LogP contribution in [0.4, 0.5) is 10.1 Å². The third-order valence-corrected chi connectivity index (χ3v) is 3.51. The predicted molar refractivity (Wildman–Crippen MR) is 90.6 cm³/mol. The molecule has 1 aromatic carbocycles. The van der Waals surface area contributed by atoms with Crippen LogP contribution in [0.5, 0.6) is 5.88 Å². The van der Waals surface area contributed by atoms with E-state index in [4.69, 9.17) is 9.47 Å². The lowest BCUT2D eigenvalue weighted by atomic mass is 10.1. The van der Waals surface area contributed by atoms with E-state index in [1.165, 1.54) is 12.1 Å². The summed E-state index contributed by atoms with van der Waals surface area (Å²) < 4.78 is 24.1. The quantitative estimate of drug-likeness (QED) is 0.674. The maximum atomic E-state index is 13.7. The molecule has 0 saturated carbocycles. The number of nitrogens with one attached hydrogen (secondary N) is 1. The summed E-state index contributed by atoms with van der Waals surface area (Å²) in [7, 11) is 1.62. The molecule has 0 fully saturated rings. The predicted octanol–water partition coefficient (Wildman–Crippen LogP) is 3.41. The Labute approximate surface area is 139 Å². The van der Waals surface area contributed by atoms with Crippen molar-refractivity contribution in [3.8, 4) is 5.88 Å². The first-order valence-electron chi connectivity index (χ1n) is 7.61. The fraction of sp³-hybridized carbons (Fsp3) is 0.222. The van der Waals surface area contributed by atoms with Crippen molar-refractivity contribution >= 4 is 16.6 Å². The number of pyridine rings is 2. The normalized spacial score (nSPS) is 10.8. The van der Waals surface area contributed by atoms with Gasteiger partial charge in [-0.1, -0.05) is 6.07 Å². The second-order valence-electron chi connectivity index (χ2n) is 5.22. The number of nitrogens with zero attached hydrogens (tertiary/aromatic N) is 2. The zero-order valence-corrected chi connectivity index (χ0v) is 13.3. The highest BCUT2D eigenvalue weighted by Crippen LogP contribution is 2.20. The van der Waals surface area contributed by atoms with Crippen LogP contribution >= 0.6 is 0 Å². The van der Waals surface area contributed by atoms with Crippen LogP contribution in [0.25, 0.3) is 10.9 Å². The second-order valence-corrected chi connectivity index (χ2v) is 5.22. The maximum absolute atomic E-state index is 13.7. The fourth-order valence-electron chi connectivity index (χ4n) is 2.36. The molecule has 0 aliphatic carbocycles. The number of rotatable bonds is 7. The van der Waals surface area contributed by atoms with E-state index in [2.05, 4.69) is 15.3 Å². The molecule has 2 aromatic heterocycles. The van der Waals surface area contributed by atoms with E-state index in [1.54, 1.807) is 31.6 Å². The van der Waals surface area contributed by atoms with Crippen molar-refractivity contribution in [3.05, 3.63) is 60.2 Å². The van der Waals surface area contributed by atoms with Crippen molar-refractivity contribution in [3.63, 3.8) is 0 Å². The number of fused-ring (bicyclic) bond motifs is 1. The Morgan fingerprint density at radius 3 is 2.83 bits per heavy atom. The number of benzene rings is 1. The summed E-state index contributed by atoms with van der Waals surface area (Å²) in [5, 5.41) is 4.01. The highest BCUT2D eigenvalue weighted by atomic mass is 19.1. The third kappa shape index (κ3) is 3.97. The first kappa shape index (κ1) is 16.1. The third-order valence-electron chi connectivity index (χ3n) is 3.51. The standard InChI is InChI=1S/C18H18FN3O2/c1-23-7-8-24-17-5-4-16(12-22-17)21-11-14-10-15(19)9-13-3-2-6-20-18(13)14/h2-6,9-10,12,21H,7-8,11H2,1H3. The number of anilines is 1. The highest BCUT2D eigenvalue weighted by molar-refractivity contribution is 5.81. The fourth-order valence-corrected chi connectivity index (χ4v) is 2.36. The summed E-state index contributed by atoms with van der Waals surface area (Å²) in [6, 6.07) is 10.3. The maximum Gasteiger partial charge on any atom is 0.213 e. The van der Waals surface area contributed by atoms with Crippen molar-refractivity contribution < 1.29 is 13.9 Å². The first-order chi connectivity index (χ1) is 11.8. The smallest absolute Gasteiger partial charge is 0.213 e. The Balaban J connectivity index is 1.67. The molecule has 0 amide bonds. The van der Waals surface area contributed by atoms with Gasteiger partial charge in [0.2, 0.25) is 5.88 Å². The minimum Gasteiger partial charge on any atom is -0.475 e. The van der Waals surface area contributed by atoms with Crippen molar-refractivity contribution in [1.82, 2.24) is 9.97 Å². The van der Waals surface area contributed by atoms with Gasteiger partial charge in [-0.05, 0) is 24.3 Å². The molecule has 5 nitrogen and oxygen atoms in total. The molecular formula is C18H18FN3O2. The molecule has 0 radical (unpaired) electrons. The van der Waals surface area contributed by atoms with Crippen molar-refractivity contribution in [2.24, 2.45) is 0 Å². The molecule has 24 heavy (non-hydrogen) atoms. The van der Waals surface area contributed by atoms with Gasteiger partial charge in [-0.3, -0.25) is 4.98 Å². The van der Waals surface area contributed by atoms with Crippen LogP contribution in [0.3, 0.4) is 0 Å².